The zero-order valence-corrected chi connectivity index (χ0v) is 13.6. The van der Waals surface area contributed by atoms with Crippen molar-refractivity contribution in [3.8, 4) is 0 Å². The molecule has 118 valence electrons. The fourth-order valence-corrected chi connectivity index (χ4v) is 3.30. The molecule has 1 aliphatic carbocycles. The topological polar surface area (TPSA) is 50.8 Å². The van der Waals surface area contributed by atoms with Gasteiger partial charge in [-0.05, 0) is 52.7 Å². The monoisotopic (exact) mass is 286 g/mol. The Labute approximate surface area is 123 Å². The van der Waals surface area contributed by atoms with Gasteiger partial charge in [0.25, 0.3) is 0 Å². The summed E-state index contributed by atoms with van der Waals surface area (Å²) in [6.45, 7) is 3.86. The molecule has 1 fully saturated rings. The largest absolute Gasteiger partial charge is 0.468 e. The molecule has 0 saturated heterocycles. The van der Waals surface area contributed by atoms with Crippen LogP contribution in [-0.2, 0) is 14.3 Å². The minimum Gasteiger partial charge on any atom is -0.468 e. The number of methoxy groups -OCH3 is 2. The number of likely N-dealkylation sites (N-methyl/N-ethyl adjacent to an activating group) is 2. The van der Waals surface area contributed by atoms with Gasteiger partial charge in [0.2, 0.25) is 0 Å². The van der Waals surface area contributed by atoms with Crippen LogP contribution in [0.2, 0.25) is 0 Å². The van der Waals surface area contributed by atoms with Crippen molar-refractivity contribution < 1.29 is 14.3 Å². The number of nitrogens with zero attached hydrogens (tertiary/aromatic N) is 1. The first-order valence-corrected chi connectivity index (χ1v) is 7.48. The van der Waals surface area contributed by atoms with E-state index in [1.807, 2.05) is 7.05 Å². The number of rotatable bonds is 8. The smallest absolute Gasteiger partial charge is 0.326 e. The highest BCUT2D eigenvalue weighted by Crippen LogP contribution is 2.38. The predicted molar refractivity (Wildman–Crippen MR) is 79.7 cm³/mol. The van der Waals surface area contributed by atoms with Crippen LogP contribution in [0.5, 0.6) is 0 Å². The summed E-state index contributed by atoms with van der Waals surface area (Å²) in [5.74, 6) is 0.229. The normalized spacial score (nSPS) is 27.8. The number of hydrogen-bond donors (Lipinski definition) is 1. The summed E-state index contributed by atoms with van der Waals surface area (Å²) in [5, 5.41) is 3.24. The molecule has 3 atom stereocenters. The average molecular weight is 286 g/mol. The Morgan fingerprint density at radius 3 is 2.75 bits per heavy atom. The number of nitrogens with one attached hydrogen (secondary N) is 1. The zero-order valence-electron chi connectivity index (χ0n) is 13.6. The van der Waals surface area contributed by atoms with Crippen LogP contribution in [-0.4, -0.2) is 63.9 Å². The maximum atomic E-state index is 12.1. The fourth-order valence-electron chi connectivity index (χ4n) is 3.30. The van der Waals surface area contributed by atoms with Crippen molar-refractivity contribution in [3.05, 3.63) is 0 Å². The maximum Gasteiger partial charge on any atom is 0.326 e. The molecule has 0 bridgehead atoms. The Balaban J connectivity index is 2.59. The summed E-state index contributed by atoms with van der Waals surface area (Å²) in [4.78, 5) is 14.4. The van der Waals surface area contributed by atoms with Crippen molar-refractivity contribution in [2.45, 2.75) is 44.2 Å². The van der Waals surface area contributed by atoms with Gasteiger partial charge in [-0.25, -0.2) is 0 Å². The maximum absolute atomic E-state index is 12.1. The van der Waals surface area contributed by atoms with Gasteiger partial charge in [0.05, 0.1) is 13.7 Å². The standard InChI is InChI=1S/C15H30N2O3/c1-12(11-19-4)17(3)10-8-13-7-6-9-15(13,16-2)14(18)20-5/h12-13,16H,6-11H2,1-5H3. The van der Waals surface area contributed by atoms with Crippen molar-refractivity contribution in [3.63, 3.8) is 0 Å². The Bertz CT molecular complexity index is 311. The van der Waals surface area contributed by atoms with Gasteiger partial charge in [-0.1, -0.05) is 6.42 Å². The van der Waals surface area contributed by atoms with E-state index in [1.165, 1.54) is 7.11 Å². The Kier molecular flexibility index (Phi) is 6.92. The number of carbonyl (C=O) groups excluding carboxylic acids is 1. The lowest BCUT2D eigenvalue weighted by Crippen LogP contribution is -2.54. The van der Waals surface area contributed by atoms with E-state index in [9.17, 15) is 4.79 Å². The SMILES string of the molecule is CNC1(C(=O)OC)CCCC1CCN(C)C(C)COC. The Morgan fingerprint density at radius 2 is 2.20 bits per heavy atom. The summed E-state index contributed by atoms with van der Waals surface area (Å²) in [7, 11) is 7.18. The Morgan fingerprint density at radius 1 is 1.50 bits per heavy atom. The highest BCUT2D eigenvalue weighted by molar-refractivity contribution is 5.81. The van der Waals surface area contributed by atoms with Crippen LogP contribution >= 0.6 is 0 Å². The lowest BCUT2D eigenvalue weighted by Gasteiger charge is -2.34. The summed E-state index contributed by atoms with van der Waals surface area (Å²) in [5.41, 5.74) is -0.486. The molecule has 0 aliphatic heterocycles. The molecule has 1 saturated carbocycles. The van der Waals surface area contributed by atoms with Crippen LogP contribution < -0.4 is 5.32 Å². The molecule has 5 heteroatoms. The van der Waals surface area contributed by atoms with Gasteiger partial charge in [-0.2, -0.15) is 0 Å². The molecule has 0 aromatic carbocycles. The highest BCUT2D eigenvalue weighted by atomic mass is 16.5. The summed E-state index contributed by atoms with van der Waals surface area (Å²) < 4.78 is 10.2. The first-order chi connectivity index (χ1) is 9.51. The van der Waals surface area contributed by atoms with Crippen LogP contribution in [0.25, 0.3) is 0 Å². The fraction of sp³-hybridized carbons (Fsp3) is 0.933. The minimum absolute atomic E-state index is 0.116. The third-order valence-electron chi connectivity index (χ3n) is 4.81. The first kappa shape index (κ1) is 17.4. The minimum atomic E-state index is -0.486. The molecule has 0 radical (unpaired) electrons. The Hall–Kier alpha value is -0.650. The second-order valence-electron chi connectivity index (χ2n) is 5.88. The van der Waals surface area contributed by atoms with Crippen LogP contribution in [0.15, 0.2) is 0 Å². The van der Waals surface area contributed by atoms with Gasteiger partial charge in [0, 0.05) is 13.2 Å². The van der Waals surface area contributed by atoms with Gasteiger partial charge in [0.15, 0.2) is 0 Å². The molecule has 0 heterocycles. The molecular weight excluding hydrogens is 256 g/mol. The molecule has 1 aliphatic rings. The van der Waals surface area contributed by atoms with Crippen molar-refractivity contribution in [1.82, 2.24) is 10.2 Å². The van der Waals surface area contributed by atoms with Crippen molar-refractivity contribution in [2.75, 3.05) is 41.5 Å². The molecule has 5 nitrogen and oxygen atoms in total. The number of hydrogen-bond acceptors (Lipinski definition) is 5. The summed E-state index contributed by atoms with van der Waals surface area (Å²) in [6.07, 6.45) is 4.04. The third kappa shape index (κ3) is 3.71. The van der Waals surface area contributed by atoms with Crippen molar-refractivity contribution in [2.24, 2.45) is 5.92 Å². The molecule has 20 heavy (non-hydrogen) atoms. The molecule has 0 aromatic rings. The molecule has 1 rings (SSSR count). The van der Waals surface area contributed by atoms with E-state index in [1.54, 1.807) is 7.11 Å². The van der Waals surface area contributed by atoms with Crippen molar-refractivity contribution in [1.29, 1.82) is 0 Å². The summed E-state index contributed by atoms with van der Waals surface area (Å²) in [6, 6.07) is 0.392. The summed E-state index contributed by atoms with van der Waals surface area (Å²) >= 11 is 0. The van der Waals surface area contributed by atoms with Gasteiger partial charge >= 0.3 is 5.97 Å². The second kappa shape index (κ2) is 7.96. The first-order valence-electron chi connectivity index (χ1n) is 7.48. The molecule has 3 unspecified atom stereocenters. The molecule has 0 aromatic heterocycles. The average Bonchev–Trinajstić information content (AvgIpc) is 2.88. The van der Waals surface area contributed by atoms with E-state index in [-0.39, 0.29) is 5.97 Å². The lowest BCUT2D eigenvalue weighted by molar-refractivity contribution is -0.150. The van der Waals surface area contributed by atoms with E-state index < -0.39 is 5.54 Å². The van der Waals surface area contributed by atoms with Crippen LogP contribution in [0.3, 0.4) is 0 Å². The van der Waals surface area contributed by atoms with E-state index in [2.05, 4.69) is 24.2 Å². The van der Waals surface area contributed by atoms with Crippen LogP contribution in [0.4, 0.5) is 0 Å². The van der Waals surface area contributed by atoms with Crippen LogP contribution in [0, 0.1) is 5.92 Å². The van der Waals surface area contributed by atoms with E-state index in [0.717, 1.165) is 38.8 Å². The second-order valence-corrected chi connectivity index (χ2v) is 5.88. The molecule has 0 amide bonds. The number of ether oxygens (including phenoxy) is 2. The molecule has 1 N–H and O–H groups in total. The van der Waals surface area contributed by atoms with Crippen molar-refractivity contribution >= 4 is 5.97 Å². The van der Waals surface area contributed by atoms with Gasteiger partial charge in [0.1, 0.15) is 5.54 Å². The lowest BCUT2D eigenvalue weighted by atomic mass is 9.84. The van der Waals surface area contributed by atoms with Gasteiger partial charge in [-0.3, -0.25) is 4.79 Å². The van der Waals surface area contributed by atoms with E-state index >= 15 is 0 Å². The predicted octanol–water partition coefficient (Wildman–Crippen LogP) is 1.27. The van der Waals surface area contributed by atoms with E-state index in [4.69, 9.17) is 9.47 Å². The van der Waals surface area contributed by atoms with Gasteiger partial charge < -0.3 is 19.7 Å². The van der Waals surface area contributed by atoms with Crippen LogP contribution in [0.1, 0.15) is 32.6 Å². The third-order valence-corrected chi connectivity index (χ3v) is 4.81. The number of carbonyl (C=O) groups is 1. The quantitative estimate of drug-likeness (QED) is 0.681. The highest BCUT2D eigenvalue weighted by Gasteiger charge is 2.48. The van der Waals surface area contributed by atoms with Gasteiger partial charge in [-0.15, -0.1) is 0 Å². The van der Waals surface area contributed by atoms with E-state index in [0.29, 0.717) is 12.0 Å². The molecule has 0 spiro atoms. The zero-order chi connectivity index (χ0) is 15.2. The molecular formula is C15H30N2O3. The number of esters is 1.